The van der Waals surface area contributed by atoms with Crippen LogP contribution in [0.4, 0.5) is 0 Å². The molecule has 1 heterocycles. The van der Waals surface area contributed by atoms with E-state index < -0.39 is 9.84 Å². The second-order valence-corrected chi connectivity index (χ2v) is 8.42. The third kappa shape index (κ3) is 4.20. The van der Waals surface area contributed by atoms with Gasteiger partial charge >= 0.3 is 0 Å². The highest BCUT2D eigenvalue weighted by Gasteiger charge is 2.30. The standard InChI is InChI=1S/C16H22ClNO5S/c1-11-9-23-10-12(2)18(11)16(19)6-7-24(20,21)13-4-5-15(22-3)14(17)8-13/h4-5,8,11-12H,6-7,9-10H2,1-3H3. The first-order valence-electron chi connectivity index (χ1n) is 7.71. The molecule has 1 aliphatic rings. The van der Waals surface area contributed by atoms with Gasteiger partial charge in [-0.05, 0) is 32.0 Å². The topological polar surface area (TPSA) is 72.9 Å². The normalized spacial score (nSPS) is 21.6. The molecule has 0 radical (unpaired) electrons. The van der Waals surface area contributed by atoms with Crippen LogP contribution in [0.5, 0.6) is 5.75 Å². The summed E-state index contributed by atoms with van der Waals surface area (Å²) in [5.74, 6) is -0.0326. The summed E-state index contributed by atoms with van der Waals surface area (Å²) in [5, 5.41) is 0.223. The molecule has 0 N–H and O–H groups in total. The fraction of sp³-hybridized carbons (Fsp3) is 0.562. The molecule has 0 bridgehead atoms. The molecule has 0 saturated carbocycles. The summed E-state index contributed by atoms with van der Waals surface area (Å²) in [6.45, 7) is 4.73. The van der Waals surface area contributed by atoms with Gasteiger partial charge in [0.1, 0.15) is 5.75 Å². The number of nitrogens with zero attached hydrogens (tertiary/aromatic N) is 1. The summed E-state index contributed by atoms with van der Waals surface area (Å²) < 4.78 is 35.3. The number of methoxy groups -OCH3 is 1. The van der Waals surface area contributed by atoms with Crippen molar-refractivity contribution in [2.45, 2.75) is 37.2 Å². The number of sulfone groups is 1. The van der Waals surface area contributed by atoms with E-state index >= 15 is 0 Å². The van der Waals surface area contributed by atoms with E-state index in [1.54, 1.807) is 4.90 Å². The zero-order valence-electron chi connectivity index (χ0n) is 14.0. The van der Waals surface area contributed by atoms with E-state index in [9.17, 15) is 13.2 Å². The lowest BCUT2D eigenvalue weighted by atomic mass is 10.1. The van der Waals surface area contributed by atoms with Crippen LogP contribution >= 0.6 is 11.6 Å². The monoisotopic (exact) mass is 375 g/mol. The molecule has 24 heavy (non-hydrogen) atoms. The SMILES string of the molecule is COc1ccc(S(=O)(=O)CCC(=O)N2C(C)COCC2C)cc1Cl. The van der Waals surface area contributed by atoms with E-state index in [2.05, 4.69) is 0 Å². The predicted octanol–water partition coefficient (Wildman–Crippen LogP) is 2.15. The van der Waals surface area contributed by atoms with Gasteiger partial charge < -0.3 is 14.4 Å². The van der Waals surface area contributed by atoms with Crippen LogP contribution in [0.25, 0.3) is 0 Å². The molecule has 0 spiro atoms. The number of hydrogen-bond acceptors (Lipinski definition) is 5. The van der Waals surface area contributed by atoms with Crippen molar-refractivity contribution >= 4 is 27.3 Å². The average molecular weight is 376 g/mol. The second-order valence-electron chi connectivity index (χ2n) is 5.90. The largest absolute Gasteiger partial charge is 0.495 e. The van der Waals surface area contributed by atoms with Gasteiger partial charge in [0.2, 0.25) is 5.91 Å². The number of morpholine rings is 1. The number of rotatable bonds is 5. The summed E-state index contributed by atoms with van der Waals surface area (Å²) in [5.41, 5.74) is 0. The number of carbonyl (C=O) groups is 1. The third-order valence-corrected chi connectivity index (χ3v) is 6.03. The van der Waals surface area contributed by atoms with Crippen molar-refractivity contribution in [1.82, 2.24) is 4.90 Å². The molecule has 0 aromatic heterocycles. The zero-order chi connectivity index (χ0) is 17.9. The quantitative estimate of drug-likeness (QED) is 0.788. The highest BCUT2D eigenvalue weighted by Crippen LogP contribution is 2.27. The minimum absolute atomic E-state index is 0.0561. The molecule has 8 heteroatoms. The Bertz CT molecular complexity index is 696. The van der Waals surface area contributed by atoms with Gasteiger partial charge in [-0.15, -0.1) is 0 Å². The molecule has 1 fully saturated rings. The maximum absolute atomic E-state index is 12.4. The van der Waals surface area contributed by atoms with Crippen molar-refractivity contribution in [1.29, 1.82) is 0 Å². The Morgan fingerprint density at radius 3 is 2.50 bits per heavy atom. The number of benzene rings is 1. The Kier molecular flexibility index (Phi) is 6.11. The van der Waals surface area contributed by atoms with Crippen molar-refractivity contribution in [2.24, 2.45) is 0 Å². The van der Waals surface area contributed by atoms with Crippen LogP contribution in [0.2, 0.25) is 5.02 Å². The van der Waals surface area contributed by atoms with E-state index in [0.717, 1.165) is 0 Å². The summed E-state index contributed by atoms with van der Waals surface area (Å²) >= 11 is 5.98. The van der Waals surface area contributed by atoms with Crippen molar-refractivity contribution < 1.29 is 22.7 Å². The van der Waals surface area contributed by atoms with E-state index in [1.165, 1.54) is 25.3 Å². The van der Waals surface area contributed by atoms with E-state index in [-0.39, 0.29) is 40.1 Å². The van der Waals surface area contributed by atoms with Gasteiger partial charge in [0.25, 0.3) is 0 Å². The van der Waals surface area contributed by atoms with Crippen LogP contribution in [0, 0.1) is 0 Å². The fourth-order valence-electron chi connectivity index (χ4n) is 2.80. The maximum Gasteiger partial charge on any atom is 0.224 e. The Hall–Kier alpha value is -1.31. The minimum atomic E-state index is -3.60. The molecule has 134 valence electrons. The Labute approximate surface area is 147 Å². The van der Waals surface area contributed by atoms with E-state index in [0.29, 0.717) is 19.0 Å². The van der Waals surface area contributed by atoms with Crippen LogP contribution in [0.1, 0.15) is 20.3 Å². The number of amides is 1. The average Bonchev–Trinajstić information content (AvgIpc) is 2.52. The van der Waals surface area contributed by atoms with Crippen LogP contribution in [-0.4, -0.2) is 57.4 Å². The number of halogens is 1. The van der Waals surface area contributed by atoms with Crippen molar-refractivity contribution in [3.8, 4) is 5.75 Å². The molecule has 1 aromatic carbocycles. The summed E-state index contributed by atoms with van der Waals surface area (Å²) in [6, 6.07) is 4.17. The first-order valence-corrected chi connectivity index (χ1v) is 9.74. The predicted molar refractivity (Wildman–Crippen MR) is 91.3 cm³/mol. The lowest BCUT2D eigenvalue weighted by molar-refractivity contribution is -0.143. The molecule has 1 aromatic rings. The Morgan fingerprint density at radius 1 is 1.33 bits per heavy atom. The van der Waals surface area contributed by atoms with Crippen LogP contribution in [0.15, 0.2) is 23.1 Å². The molecule has 2 atom stereocenters. The summed E-state index contributed by atoms with van der Waals surface area (Å²) in [7, 11) is -2.14. The lowest BCUT2D eigenvalue weighted by Gasteiger charge is -2.38. The van der Waals surface area contributed by atoms with Crippen LogP contribution < -0.4 is 4.74 Å². The fourth-order valence-corrected chi connectivity index (χ4v) is 4.38. The molecule has 1 aliphatic heterocycles. The van der Waals surface area contributed by atoms with Gasteiger partial charge in [-0.2, -0.15) is 0 Å². The molecule has 2 rings (SSSR count). The molecule has 1 saturated heterocycles. The Morgan fingerprint density at radius 2 is 1.96 bits per heavy atom. The highest BCUT2D eigenvalue weighted by molar-refractivity contribution is 7.91. The summed E-state index contributed by atoms with van der Waals surface area (Å²) in [6.07, 6.45) is -0.0688. The highest BCUT2D eigenvalue weighted by atomic mass is 35.5. The van der Waals surface area contributed by atoms with Gasteiger partial charge in [-0.25, -0.2) is 8.42 Å². The number of carbonyl (C=O) groups excluding carboxylic acids is 1. The number of ether oxygens (including phenoxy) is 2. The molecule has 1 amide bonds. The van der Waals surface area contributed by atoms with Gasteiger partial charge in [-0.1, -0.05) is 11.6 Å². The lowest BCUT2D eigenvalue weighted by Crippen LogP contribution is -2.52. The molecular weight excluding hydrogens is 354 g/mol. The minimum Gasteiger partial charge on any atom is -0.495 e. The Balaban J connectivity index is 2.07. The molecular formula is C16H22ClNO5S. The van der Waals surface area contributed by atoms with E-state index in [4.69, 9.17) is 21.1 Å². The second kappa shape index (κ2) is 7.72. The first-order chi connectivity index (χ1) is 11.3. The van der Waals surface area contributed by atoms with Crippen LogP contribution in [-0.2, 0) is 19.4 Å². The smallest absolute Gasteiger partial charge is 0.224 e. The molecule has 0 aliphatic carbocycles. The summed E-state index contributed by atoms with van der Waals surface area (Å²) in [4.78, 5) is 14.2. The number of hydrogen-bond donors (Lipinski definition) is 0. The molecule has 6 nitrogen and oxygen atoms in total. The van der Waals surface area contributed by atoms with E-state index in [1.807, 2.05) is 13.8 Å². The maximum atomic E-state index is 12.4. The van der Waals surface area contributed by atoms with Crippen molar-refractivity contribution in [2.75, 3.05) is 26.1 Å². The van der Waals surface area contributed by atoms with Crippen LogP contribution in [0.3, 0.4) is 0 Å². The van der Waals surface area contributed by atoms with Gasteiger partial charge in [-0.3, -0.25) is 4.79 Å². The first kappa shape index (κ1) is 19.0. The van der Waals surface area contributed by atoms with Crippen molar-refractivity contribution in [3.63, 3.8) is 0 Å². The van der Waals surface area contributed by atoms with Gasteiger partial charge in [0.05, 0.1) is 48.1 Å². The van der Waals surface area contributed by atoms with Crippen molar-refractivity contribution in [3.05, 3.63) is 23.2 Å². The van der Waals surface area contributed by atoms with Gasteiger partial charge in [0.15, 0.2) is 9.84 Å². The third-order valence-electron chi connectivity index (χ3n) is 4.02. The zero-order valence-corrected chi connectivity index (χ0v) is 15.6. The van der Waals surface area contributed by atoms with Gasteiger partial charge in [0, 0.05) is 6.42 Å². The molecule has 2 unspecified atom stereocenters.